The molecule has 1 aliphatic rings. The molecule has 0 aromatic heterocycles. The lowest BCUT2D eigenvalue weighted by atomic mass is 10.2. The van der Waals surface area contributed by atoms with Crippen LogP contribution < -0.4 is 10.2 Å². The van der Waals surface area contributed by atoms with E-state index in [4.69, 9.17) is 11.6 Å². The Morgan fingerprint density at radius 1 is 1.22 bits per heavy atom. The molecule has 0 aliphatic carbocycles. The average molecular weight is 451 g/mol. The Balaban J connectivity index is 1.69. The van der Waals surface area contributed by atoms with Crippen LogP contribution in [0.4, 0.5) is 11.4 Å². The Labute approximate surface area is 170 Å². The summed E-state index contributed by atoms with van der Waals surface area (Å²) in [5.41, 5.74) is 1.00. The second-order valence-electron chi connectivity index (χ2n) is 6.18. The number of nitrogens with one attached hydrogen (secondary N) is 1. The predicted molar refractivity (Wildman–Crippen MR) is 108 cm³/mol. The van der Waals surface area contributed by atoms with Crippen LogP contribution >= 0.6 is 27.5 Å². The lowest BCUT2D eigenvalue weighted by molar-refractivity contribution is -0.123. The van der Waals surface area contributed by atoms with Gasteiger partial charge in [0.1, 0.15) is 0 Å². The maximum atomic E-state index is 12.8. The van der Waals surface area contributed by atoms with Gasteiger partial charge in [-0.3, -0.25) is 19.3 Å². The van der Waals surface area contributed by atoms with Crippen molar-refractivity contribution in [1.29, 1.82) is 0 Å². The Bertz CT molecular complexity index is 905. The summed E-state index contributed by atoms with van der Waals surface area (Å²) in [6, 6.07) is 13.2. The monoisotopic (exact) mass is 449 g/mol. The Morgan fingerprint density at radius 3 is 2.59 bits per heavy atom. The van der Waals surface area contributed by atoms with Crippen molar-refractivity contribution in [3.63, 3.8) is 0 Å². The number of carbonyl (C=O) groups excluding carboxylic acids is 3. The van der Waals surface area contributed by atoms with Crippen LogP contribution in [0.1, 0.15) is 6.42 Å². The first-order chi connectivity index (χ1) is 12.9. The van der Waals surface area contributed by atoms with Gasteiger partial charge < -0.3 is 5.32 Å². The highest BCUT2D eigenvalue weighted by atomic mass is 79.9. The third-order valence-electron chi connectivity index (χ3n) is 4.29. The summed E-state index contributed by atoms with van der Waals surface area (Å²) in [4.78, 5) is 40.2. The van der Waals surface area contributed by atoms with E-state index in [-0.39, 0.29) is 30.7 Å². The van der Waals surface area contributed by atoms with Crippen molar-refractivity contribution < 1.29 is 14.4 Å². The Hall–Kier alpha value is -2.22. The van der Waals surface area contributed by atoms with E-state index < -0.39 is 6.04 Å². The highest BCUT2D eigenvalue weighted by Crippen LogP contribution is 2.31. The van der Waals surface area contributed by atoms with Gasteiger partial charge in [0.25, 0.3) is 5.91 Å². The predicted octanol–water partition coefficient (Wildman–Crippen LogP) is 3.30. The zero-order chi connectivity index (χ0) is 19.6. The average Bonchev–Trinajstić information content (AvgIpc) is 2.92. The molecule has 2 aromatic carbocycles. The summed E-state index contributed by atoms with van der Waals surface area (Å²) < 4.78 is 0.659. The number of benzene rings is 2. The first-order valence-corrected chi connectivity index (χ1v) is 9.41. The van der Waals surface area contributed by atoms with Crippen LogP contribution in [0.25, 0.3) is 0 Å². The summed E-state index contributed by atoms with van der Waals surface area (Å²) in [6.07, 6.45) is 0.0238. The van der Waals surface area contributed by atoms with E-state index in [2.05, 4.69) is 21.2 Å². The van der Waals surface area contributed by atoms with Crippen LogP contribution in [0.2, 0.25) is 5.02 Å². The Morgan fingerprint density at radius 2 is 1.89 bits per heavy atom. The summed E-state index contributed by atoms with van der Waals surface area (Å²) in [6.45, 7) is -0.0429. The molecule has 1 saturated heterocycles. The number of anilines is 2. The summed E-state index contributed by atoms with van der Waals surface area (Å²) in [5.74, 6) is -0.958. The van der Waals surface area contributed by atoms with E-state index >= 15 is 0 Å². The van der Waals surface area contributed by atoms with Crippen LogP contribution in [0.5, 0.6) is 0 Å². The normalized spacial score (nSPS) is 16.9. The fraction of sp³-hybridized carbons (Fsp3) is 0.211. The molecule has 1 heterocycles. The summed E-state index contributed by atoms with van der Waals surface area (Å²) in [7, 11) is 1.64. The van der Waals surface area contributed by atoms with Gasteiger partial charge in [0.15, 0.2) is 0 Å². The Kier molecular flexibility index (Phi) is 5.94. The summed E-state index contributed by atoms with van der Waals surface area (Å²) in [5, 5.41) is 3.14. The smallest absolute Gasteiger partial charge is 0.251 e. The van der Waals surface area contributed by atoms with Gasteiger partial charge in [-0.15, -0.1) is 0 Å². The molecular formula is C19H17BrClN3O3. The molecule has 0 saturated carbocycles. The fourth-order valence-electron chi connectivity index (χ4n) is 2.94. The van der Waals surface area contributed by atoms with Gasteiger partial charge in [-0.25, -0.2) is 4.90 Å². The minimum atomic E-state index is -0.693. The molecule has 0 bridgehead atoms. The molecule has 3 rings (SSSR count). The van der Waals surface area contributed by atoms with Gasteiger partial charge in [0.2, 0.25) is 11.8 Å². The maximum Gasteiger partial charge on any atom is 0.251 e. The number of nitrogens with zero attached hydrogens (tertiary/aromatic N) is 2. The number of likely N-dealkylation sites (N-methyl/N-ethyl adjacent to an activating group) is 1. The number of hydrogen-bond acceptors (Lipinski definition) is 4. The van der Waals surface area contributed by atoms with E-state index in [1.165, 1.54) is 0 Å². The third-order valence-corrected chi connectivity index (χ3v) is 5.29. The molecule has 1 atom stereocenters. The van der Waals surface area contributed by atoms with Crippen LogP contribution in [-0.2, 0) is 14.4 Å². The standard InChI is InChI=1S/C19H17BrClN3O3/c1-23(11-17(25)22-14-8-4-3-7-13(14)21)16-10-18(26)24(19(16)27)15-9-5-2-6-12(15)20/h2-9,16H,10-11H2,1H3,(H,22,25). The van der Waals surface area contributed by atoms with E-state index in [0.717, 1.165) is 4.90 Å². The molecule has 0 radical (unpaired) electrons. The molecule has 1 N–H and O–H groups in total. The maximum absolute atomic E-state index is 12.8. The molecule has 140 valence electrons. The van der Waals surface area contributed by atoms with E-state index in [1.54, 1.807) is 60.5 Å². The number of amides is 3. The molecule has 0 spiro atoms. The SMILES string of the molecule is CN(CC(=O)Nc1ccccc1Cl)C1CC(=O)N(c2ccccc2Br)C1=O. The van der Waals surface area contributed by atoms with Gasteiger partial charge in [0.05, 0.1) is 35.4 Å². The molecule has 1 aliphatic heterocycles. The van der Waals surface area contributed by atoms with Crippen LogP contribution in [0, 0.1) is 0 Å². The zero-order valence-electron chi connectivity index (χ0n) is 14.5. The van der Waals surface area contributed by atoms with Crippen molar-refractivity contribution in [3.05, 3.63) is 58.0 Å². The number of imide groups is 1. The minimum absolute atomic E-state index is 0.0238. The molecule has 1 unspecified atom stereocenters. The van der Waals surface area contributed by atoms with Gasteiger partial charge in [0, 0.05) is 4.47 Å². The van der Waals surface area contributed by atoms with Crippen molar-refractivity contribution in [3.8, 4) is 0 Å². The first-order valence-electron chi connectivity index (χ1n) is 8.24. The van der Waals surface area contributed by atoms with Crippen molar-refractivity contribution in [2.45, 2.75) is 12.5 Å². The molecule has 8 heteroatoms. The third kappa shape index (κ3) is 4.21. The van der Waals surface area contributed by atoms with Gasteiger partial charge in [-0.1, -0.05) is 35.9 Å². The molecule has 3 amide bonds. The van der Waals surface area contributed by atoms with Gasteiger partial charge in [-0.2, -0.15) is 0 Å². The van der Waals surface area contributed by atoms with Gasteiger partial charge in [-0.05, 0) is 47.2 Å². The number of hydrogen-bond donors (Lipinski definition) is 1. The lowest BCUT2D eigenvalue weighted by Gasteiger charge is -2.22. The molecule has 2 aromatic rings. The molecule has 6 nitrogen and oxygen atoms in total. The molecule has 1 fully saturated rings. The highest BCUT2D eigenvalue weighted by molar-refractivity contribution is 9.10. The minimum Gasteiger partial charge on any atom is -0.324 e. The zero-order valence-corrected chi connectivity index (χ0v) is 16.8. The van der Waals surface area contributed by atoms with E-state index in [0.29, 0.717) is 20.9 Å². The van der Waals surface area contributed by atoms with Crippen LogP contribution in [0.3, 0.4) is 0 Å². The summed E-state index contributed by atoms with van der Waals surface area (Å²) >= 11 is 9.40. The number of halogens is 2. The van der Waals surface area contributed by atoms with Crippen molar-refractivity contribution in [1.82, 2.24) is 4.90 Å². The second-order valence-corrected chi connectivity index (χ2v) is 7.44. The molecule has 27 heavy (non-hydrogen) atoms. The van der Waals surface area contributed by atoms with E-state index in [1.807, 2.05) is 0 Å². The van der Waals surface area contributed by atoms with Crippen molar-refractivity contribution in [2.24, 2.45) is 0 Å². The topological polar surface area (TPSA) is 69.7 Å². The van der Waals surface area contributed by atoms with Crippen molar-refractivity contribution >= 4 is 56.6 Å². The highest BCUT2D eigenvalue weighted by Gasteiger charge is 2.42. The quantitative estimate of drug-likeness (QED) is 0.710. The lowest BCUT2D eigenvalue weighted by Crippen LogP contribution is -2.43. The fourth-order valence-corrected chi connectivity index (χ4v) is 3.58. The van der Waals surface area contributed by atoms with Crippen LogP contribution in [-0.4, -0.2) is 42.3 Å². The second kappa shape index (κ2) is 8.21. The van der Waals surface area contributed by atoms with Crippen molar-refractivity contribution in [2.75, 3.05) is 23.8 Å². The first kappa shape index (κ1) is 19.5. The number of carbonyl (C=O) groups is 3. The van der Waals surface area contributed by atoms with Gasteiger partial charge >= 0.3 is 0 Å². The molecular weight excluding hydrogens is 434 g/mol. The number of rotatable bonds is 5. The van der Waals surface area contributed by atoms with E-state index in [9.17, 15) is 14.4 Å². The largest absolute Gasteiger partial charge is 0.324 e. The van der Waals surface area contributed by atoms with Crippen LogP contribution in [0.15, 0.2) is 53.0 Å². The number of para-hydroxylation sites is 2.